The van der Waals surface area contributed by atoms with Gasteiger partial charge in [0.2, 0.25) is 0 Å². The molecule has 7 heteroatoms. The molecule has 2 rings (SSSR count). The third kappa shape index (κ3) is 2.11. The predicted octanol–water partition coefficient (Wildman–Crippen LogP) is -0.185. The van der Waals surface area contributed by atoms with E-state index in [-0.39, 0.29) is 5.03 Å². The first-order valence-corrected chi connectivity index (χ1v) is 6.69. The molecule has 1 aromatic heterocycles. The highest BCUT2D eigenvalue weighted by molar-refractivity contribution is 7.89. The van der Waals surface area contributed by atoms with Gasteiger partial charge in [-0.1, -0.05) is 0 Å². The number of nitrogens with two attached hydrogens (primary N) is 1. The molecule has 1 atom stereocenters. The van der Waals surface area contributed by atoms with Crippen molar-refractivity contribution in [1.29, 1.82) is 0 Å². The quantitative estimate of drug-likeness (QED) is 0.668. The Kier molecular flexibility index (Phi) is 2.77. The highest BCUT2D eigenvalue weighted by Gasteiger charge is 2.43. The zero-order valence-corrected chi connectivity index (χ0v) is 9.92. The lowest BCUT2D eigenvalue weighted by molar-refractivity contribution is 0.373. The maximum atomic E-state index is 12.0. The highest BCUT2D eigenvalue weighted by atomic mass is 32.2. The Morgan fingerprint density at radius 3 is 2.81 bits per heavy atom. The molecule has 1 saturated carbocycles. The zero-order valence-electron chi connectivity index (χ0n) is 9.10. The summed E-state index contributed by atoms with van der Waals surface area (Å²) in [5.74, 6) is 0.343. The van der Waals surface area contributed by atoms with Gasteiger partial charge < -0.3 is 10.7 Å². The van der Waals surface area contributed by atoms with Crippen molar-refractivity contribution in [1.82, 2.24) is 14.7 Å². The monoisotopic (exact) mass is 244 g/mol. The lowest BCUT2D eigenvalue weighted by Crippen LogP contribution is -2.53. The van der Waals surface area contributed by atoms with Gasteiger partial charge in [-0.2, -0.15) is 0 Å². The van der Waals surface area contributed by atoms with E-state index in [1.54, 1.807) is 0 Å². The molecule has 0 amide bonds. The second-order valence-corrected chi connectivity index (χ2v) is 6.07. The van der Waals surface area contributed by atoms with Gasteiger partial charge in [-0.3, -0.25) is 0 Å². The number of rotatable bonds is 5. The van der Waals surface area contributed by atoms with Crippen LogP contribution in [0.4, 0.5) is 0 Å². The Morgan fingerprint density at radius 1 is 1.69 bits per heavy atom. The van der Waals surface area contributed by atoms with E-state index >= 15 is 0 Å². The maximum Gasteiger partial charge on any atom is 0.258 e. The van der Waals surface area contributed by atoms with E-state index in [0.717, 1.165) is 12.8 Å². The summed E-state index contributed by atoms with van der Waals surface area (Å²) in [5.41, 5.74) is 5.10. The summed E-state index contributed by atoms with van der Waals surface area (Å²) in [7, 11) is -3.54. The number of nitrogens with one attached hydrogen (secondary N) is 2. The molecule has 1 heterocycles. The van der Waals surface area contributed by atoms with Crippen molar-refractivity contribution >= 4 is 10.0 Å². The molecule has 1 fully saturated rings. The molecule has 1 aliphatic rings. The Hall–Kier alpha value is -0.920. The molecule has 0 aromatic carbocycles. The van der Waals surface area contributed by atoms with Crippen molar-refractivity contribution in [2.75, 3.05) is 6.54 Å². The second kappa shape index (κ2) is 3.83. The molecule has 1 unspecified atom stereocenters. The molecule has 4 N–H and O–H groups in total. The number of hydrogen-bond acceptors (Lipinski definition) is 4. The fourth-order valence-electron chi connectivity index (χ4n) is 1.76. The number of hydrogen-bond donors (Lipinski definition) is 3. The van der Waals surface area contributed by atoms with Crippen LogP contribution < -0.4 is 10.5 Å². The van der Waals surface area contributed by atoms with Gasteiger partial charge in [0.1, 0.15) is 0 Å². The number of aromatic amines is 1. The Balaban J connectivity index is 2.20. The third-order valence-electron chi connectivity index (χ3n) is 3.03. The van der Waals surface area contributed by atoms with Crippen LogP contribution in [0.3, 0.4) is 0 Å². The lowest BCUT2D eigenvalue weighted by atomic mass is 9.98. The second-order valence-electron chi connectivity index (χ2n) is 4.42. The molecular formula is C9H16N4O2S. The van der Waals surface area contributed by atoms with Crippen LogP contribution in [0.25, 0.3) is 0 Å². The smallest absolute Gasteiger partial charge is 0.258 e. The van der Waals surface area contributed by atoms with Gasteiger partial charge in [-0.25, -0.2) is 18.1 Å². The Bertz CT molecular complexity index is 452. The molecule has 0 saturated heterocycles. The minimum Gasteiger partial charge on any atom is -0.335 e. The molecule has 0 radical (unpaired) electrons. The summed E-state index contributed by atoms with van der Waals surface area (Å²) in [4.78, 5) is 6.28. The molecule has 16 heavy (non-hydrogen) atoms. The minimum atomic E-state index is -3.54. The Morgan fingerprint density at radius 2 is 2.38 bits per heavy atom. The third-order valence-corrected chi connectivity index (χ3v) is 4.57. The SMILES string of the molecule is CC(CN)(NS(=O)(=O)c1cnc[nH]1)C1CC1. The van der Waals surface area contributed by atoms with Crippen LogP contribution in [0.1, 0.15) is 19.8 Å². The number of sulfonamides is 1. The first kappa shape index (κ1) is 11.6. The summed E-state index contributed by atoms with van der Waals surface area (Å²) in [5, 5.41) is 0.0767. The van der Waals surface area contributed by atoms with Crippen LogP contribution in [0.2, 0.25) is 0 Å². The van der Waals surface area contributed by atoms with E-state index < -0.39 is 15.6 Å². The predicted molar refractivity (Wildman–Crippen MR) is 59.1 cm³/mol. The van der Waals surface area contributed by atoms with Crippen molar-refractivity contribution in [2.24, 2.45) is 11.7 Å². The number of H-pyrrole nitrogens is 1. The van der Waals surface area contributed by atoms with Gasteiger partial charge >= 0.3 is 0 Å². The van der Waals surface area contributed by atoms with Gasteiger partial charge in [-0.05, 0) is 25.7 Å². The topological polar surface area (TPSA) is 101 Å². The largest absolute Gasteiger partial charge is 0.335 e. The molecule has 6 nitrogen and oxygen atoms in total. The number of aromatic nitrogens is 2. The average molecular weight is 244 g/mol. The van der Waals surface area contributed by atoms with Crippen LogP contribution in [0, 0.1) is 5.92 Å². The first-order chi connectivity index (χ1) is 7.48. The van der Waals surface area contributed by atoms with Crippen LogP contribution in [0.5, 0.6) is 0 Å². The van der Waals surface area contributed by atoms with Gasteiger partial charge in [0.25, 0.3) is 10.0 Å². The highest BCUT2D eigenvalue weighted by Crippen LogP contribution is 2.39. The van der Waals surface area contributed by atoms with Crippen LogP contribution in [-0.2, 0) is 10.0 Å². The summed E-state index contributed by atoms with van der Waals surface area (Å²) in [6.07, 6.45) is 4.68. The zero-order chi connectivity index (χ0) is 11.8. The molecule has 0 bridgehead atoms. The van der Waals surface area contributed by atoms with E-state index in [0.29, 0.717) is 12.5 Å². The molecule has 1 aliphatic carbocycles. The fourth-order valence-corrected chi connectivity index (χ4v) is 3.15. The first-order valence-electron chi connectivity index (χ1n) is 5.20. The van der Waals surface area contributed by atoms with Crippen molar-refractivity contribution in [3.63, 3.8) is 0 Å². The summed E-state index contributed by atoms with van der Waals surface area (Å²) >= 11 is 0. The van der Waals surface area contributed by atoms with E-state index in [4.69, 9.17) is 5.73 Å². The molecule has 1 aromatic rings. The van der Waals surface area contributed by atoms with E-state index in [1.807, 2.05) is 6.92 Å². The van der Waals surface area contributed by atoms with Gasteiger partial charge in [-0.15, -0.1) is 0 Å². The average Bonchev–Trinajstić information content (AvgIpc) is 2.93. The van der Waals surface area contributed by atoms with Gasteiger partial charge in [0.15, 0.2) is 5.03 Å². The standard InChI is InChI=1S/C9H16N4O2S/c1-9(5-10,7-2-3-7)13-16(14,15)8-4-11-6-12-8/h4,6-7,13H,2-3,5,10H2,1H3,(H,11,12). The van der Waals surface area contributed by atoms with E-state index in [2.05, 4.69) is 14.7 Å². The normalized spacial score (nSPS) is 20.6. The van der Waals surface area contributed by atoms with Crippen molar-refractivity contribution < 1.29 is 8.42 Å². The fraction of sp³-hybridized carbons (Fsp3) is 0.667. The summed E-state index contributed by atoms with van der Waals surface area (Å²) in [6.45, 7) is 2.14. The summed E-state index contributed by atoms with van der Waals surface area (Å²) in [6, 6.07) is 0. The number of nitrogens with zero attached hydrogens (tertiary/aromatic N) is 1. The van der Waals surface area contributed by atoms with Crippen molar-refractivity contribution in [2.45, 2.75) is 30.3 Å². The van der Waals surface area contributed by atoms with Crippen LogP contribution in [-0.4, -0.2) is 30.5 Å². The van der Waals surface area contributed by atoms with Crippen molar-refractivity contribution in [3.05, 3.63) is 12.5 Å². The molecular weight excluding hydrogens is 228 g/mol. The van der Waals surface area contributed by atoms with Crippen LogP contribution >= 0.6 is 0 Å². The molecule has 0 aliphatic heterocycles. The Labute approximate surface area is 94.7 Å². The lowest BCUT2D eigenvalue weighted by Gasteiger charge is -2.28. The van der Waals surface area contributed by atoms with Crippen LogP contribution in [0.15, 0.2) is 17.6 Å². The molecule has 0 spiro atoms. The maximum absolute atomic E-state index is 12.0. The van der Waals surface area contributed by atoms with E-state index in [1.165, 1.54) is 12.5 Å². The van der Waals surface area contributed by atoms with Crippen molar-refractivity contribution in [3.8, 4) is 0 Å². The number of imidazole rings is 1. The van der Waals surface area contributed by atoms with Gasteiger partial charge in [0, 0.05) is 12.1 Å². The van der Waals surface area contributed by atoms with Gasteiger partial charge in [0.05, 0.1) is 12.5 Å². The summed E-state index contributed by atoms with van der Waals surface area (Å²) < 4.78 is 26.6. The minimum absolute atomic E-state index is 0.0767. The van der Waals surface area contributed by atoms with E-state index in [9.17, 15) is 8.42 Å². The molecule has 90 valence electrons.